The van der Waals surface area contributed by atoms with Crippen LogP contribution < -0.4 is 10.6 Å². The number of rotatable bonds is 5. The van der Waals surface area contributed by atoms with Crippen LogP contribution in [0.25, 0.3) is 10.6 Å². The molecule has 0 aromatic carbocycles. The maximum Gasteiger partial charge on any atom is 0.149 e. The third-order valence-corrected chi connectivity index (χ3v) is 4.86. The van der Waals surface area contributed by atoms with Crippen LogP contribution in [-0.2, 0) is 0 Å². The highest BCUT2D eigenvalue weighted by atomic mass is 32.1. The van der Waals surface area contributed by atoms with Crippen molar-refractivity contribution in [1.82, 2.24) is 9.36 Å². The van der Waals surface area contributed by atoms with Crippen molar-refractivity contribution in [2.24, 2.45) is 5.92 Å². The molecule has 0 radical (unpaired) electrons. The second-order valence-corrected chi connectivity index (χ2v) is 7.29. The van der Waals surface area contributed by atoms with Crippen molar-refractivity contribution in [2.45, 2.75) is 40.7 Å². The van der Waals surface area contributed by atoms with E-state index in [2.05, 4.69) is 47.3 Å². The predicted molar refractivity (Wildman–Crippen MR) is 89.7 cm³/mol. The van der Waals surface area contributed by atoms with Gasteiger partial charge >= 0.3 is 0 Å². The van der Waals surface area contributed by atoms with Gasteiger partial charge in [0, 0.05) is 23.7 Å². The summed E-state index contributed by atoms with van der Waals surface area (Å²) in [6.45, 7) is 11.9. The average molecular weight is 310 g/mol. The number of nitrogen functional groups attached to an aromatic ring is 1. The zero-order valence-corrected chi connectivity index (χ0v) is 14.3. The van der Waals surface area contributed by atoms with Gasteiger partial charge in [-0.05, 0) is 38.2 Å². The number of hydrogen-bond donors (Lipinski definition) is 1. The summed E-state index contributed by atoms with van der Waals surface area (Å²) in [6.07, 6.45) is 0. The first kappa shape index (κ1) is 15.3. The Hall–Kier alpha value is -1.14. The Bertz CT molecular complexity index is 571. The van der Waals surface area contributed by atoms with Crippen LogP contribution in [-0.4, -0.2) is 21.9 Å². The van der Waals surface area contributed by atoms with Crippen molar-refractivity contribution in [2.75, 3.05) is 17.2 Å². The molecule has 0 aliphatic heterocycles. The number of aromatic nitrogens is 2. The molecule has 0 unspecified atom stereocenters. The Labute approximate surface area is 128 Å². The lowest BCUT2D eigenvalue weighted by Crippen LogP contribution is -2.33. The second-order valence-electron chi connectivity index (χ2n) is 5.68. The molecule has 0 aliphatic rings. The number of hydrogen-bond acceptors (Lipinski definition) is 6. The quantitative estimate of drug-likeness (QED) is 0.906. The van der Waals surface area contributed by atoms with E-state index in [9.17, 15) is 0 Å². The van der Waals surface area contributed by atoms with E-state index in [1.54, 1.807) is 11.3 Å². The van der Waals surface area contributed by atoms with Gasteiger partial charge in [0.1, 0.15) is 15.8 Å². The minimum atomic E-state index is 0.414. The first-order valence-corrected chi connectivity index (χ1v) is 8.49. The lowest BCUT2D eigenvalue weighted by Gasteiger charge is -2.29. The minimum Gasteiger partial charge on any atom is -0.382 e. The zero-order valence-electron chi connectivity index (χ0n) is 12.7. The van der Waals surface area contributed by atoms with Crippen LogP contribution in [0.2, 0.25) is 0 Å². The van der Waals surface area contributed by atoms with E-state index in [4.69, 9.17) is 5.73 Å². The second kappa shape index (κ2) is 6.10. The highest BCUT2D eigenvalue weighted by Crippen LogP contribution is 2.41. The SMILES string of the molecule is Cc1csc(-c2c(N)nsc2N(CC(C)C)C(C)C)n1. The molecule has 2 aromatic rings. The van der Waals surface area contributed by atoms with Crippen molar-refractivity contribution in [1.29, 1.82) is 0 Å². The third-order valence-electron chi connectivity index (χ3n) is 2.98. The van der Waals surface area contributed by atoms with Gasteiger partial charge in [-0.25, -0.2) is 4.98 Å². The normalized spacial score (nSPS) is 11.6. The molecule has 2 heterocycles. The summed E-state index contributed by atoms with van der Waals surface area (Å²) in [5.41, 5.74) is 8.12. The fourth-order valence-electron chi connectivity index (χ4n) is 2.08. The number of aryl methyl sites for hydroxylation is 1. The molecule has 2 aromatic heterocycles. The Kier molecular flexibility index (Phi) is 4.65. The van der Waals surface area contributed by atoms with E-state index >= 15 is 0 Å². The van der Waals surface area contributed by atoms with Crippen LogP contribution in [0, 0.1) is 12.8 Å². The topological polar surface area (TPSA) is 55.0 Å². The van der Waals surface area contributed by atoms with Crippen LogP contribution in [0.1, 0.15) is 33.4 Å². The first-order chi connectivity index (χ1) is 9.40. The molecule has 0 bridgehead atoms. The Morgan fingerprint density at radius 2 is 2.00 bits per heavy atom. The largest absolute Gasteiger partial charge is 0.382 e. The maximum atomic E-state index is 6.09. The van der Waals surface area contributed by atoms with Crippen molar-refractivity contribution in [3.05, 3.63) is 11.1 Å². The van der Waals surface area contributed by atoms with Gasteiger partial charge < -0.3 is 10.6 Å². The number of nitrogens with two attached hydrogens (primary N) is 1. The molecule has 6 heteroatoms. The van der Waals surface area contributed by atoms with Crippen molar-refractivity contribution >= 4 is 33.7 Å². The highest BCUT2D eigenvalue weighted by Gasteiger charge is 2.23. The van der Waals surface area contributed by atoms with Gasteiger partial charge in [0.15, 0.2) is 0 Å². The average Bonchev–Trinajstić information content (AvgIpc) is 2.91. The fourth-order valence-corrected chi connectivity index (χ4v) is 3.95. The van der Waals surface area contributed by atoms with E-state index < -0.39 is 0 Å². The smallest absolute Gasteiger partial charge is 0.149 e. The molecule has 4 nitrogen and oxygen atoms in total. The molecule has 0 atom stereocenters. The lowest BCUT2D eigenvalue weighted by molar-refractivity contribution is 0.574. The summed E-state index contributed by atoms with van der Waals surface area (Å²) in [5, 5.41) is 4.16. The van der Waals surface area contributed by atoms with E-state index in [1.165, 1.54) is 11.5 Å². The Morgan fingerprint density at radius 3 is 2.50 bits per heavy atom. The van der Waals surface area contributed by atoms with Crippen LogP contribution >= 0.6 is 22.9 Å². The maximum absolute atomic E-state index is 6.09. The summed E-state index contributed by atoms with van der Waals surface area (Å²) in [4.78, 5) is 6.95. The van der Waals surface area contributed by atoms with E-state index in [0.29, 0.717) is 17.8 Å². The highest BCUT2D eigenvalue weighted by molar-refractivity contribution is 7.15. The number of nitrogens with zero attached hydrogens (tertiary/aromatic N) is 3. The van der Waals surface area contributed by atoms with Crippen LogP contribution in [0.15, 0.2) is 5.38 Å². The summed E-state index contributed by atoms with van der Waals surface area (Å²) in [5.74, 6) is 1.18. The van der Waals surface area contributed by atoms with Crippen molar-refractivity contribution < 1.29 is 0 Å². The summed E-state index contributed by atoms with van der Waals surface area (Å²) in [7, 11) is 0. The molecule has 0 aliphatic carbocycles. The minimum absolute atomic E-state index is 0.414. The van der Waals surface area contributed by atoms with Gasteiger partial charge in [-0.1, -0.05) is 13.8 Å². The molecular weight excluding hydrogens is 288 g/mol. The summed E-state index contributed by atoms with van der Waals surface area (Å²) >= 11 is 3.11. The van der Waals surface area contributed by atoms with Gasteiger partial charge in [0.25, 0.3) is 0 Å². The molecular formula is C14H22N4S2. The van der Waals surface area contributed by atoms with Crippen LogP contribution in [0.4, 0.5) is 10.8 Å². The van der Waals surface area contributed by atoms with E-state index in [1.807, 2.05) is 6.92 Å². The molecule has 0 saturated heterocycles. The summed E-state index contributed by atoms with van der Waals surface area (Å²) in [6, 6.07) is 0.414. The lowest BCUT2D eigenvalue weighted by atomic mass is 10.1. The first-order valence-electron chi connectivity index (χ1n) is 6.84. The standard InChI is InChI=1S/C14H22N4S2/c1-8(2)6-18(9(3)4)14-11(12(15)17-20-14)13-16-10(5)7-19-13/h7-9H,6H2,1-5H3,(H2,15,17). The van der Waals surface area contributed by atoms with E-state index in [-0.39, 0.29) is 0 Å². The summed E-state index contributed by atoms with van der Waals surface area (Å²) < 4.78 is 4.36. The van der Waals surface area contributed by atoms with Crippen LogP contribution in [0.5, 0.6) is 0 Å². The van der Waals surface area contributed by atoms with Crippen molar-refractivity contribution in [3.63, 3.8) is 0 Å². The van der Waals surface area contributed by atoms with E-state index in [0.717, 1.165) is 27.8 Å². The monoisotopic (exact) mass is 310 g/mol. The Morgan fingerprint density at radius 1 is 1.30 bits per heavy atom. The van der Waals surface area contributed by atoms with Crippen molar-refractivity contribution in [3.8, 4) is 10.6 Å². The molecule has 0 saturated carbocycles. The van der Waals surface area contributed by atoms with Gasteiger partial charge in [0.05, 0.1) is 5.56 Å². The molecule has 0 amide bonds. The number of thiazole rings is 1. The fraction of sp³-hybridized carbons (Fsp3) is 0.571. The number of anilines is 2. The van der Waals surface area contributed by atoms with Gasteiger partial charge in [-0.15, -0.1) is 11.3 Å². The molecule has 110 valence electrons. The zero-order chi connectivity index (χ0) is 14.9. The molecule has 20 heavy (non-hydrogen) atoms. The van der Waals surface area contributed by atoms with Gasteiger partial charge in [-0.3, -0.25) is 0 Å². The van der Waals surface area contributed by atoms with Gasteiger partial charge in [-0.2, -0.15) is 4.37 Å². The molecule has 0 fully saturated rings. The molecule has 2 rings (SSSR count). The Balaban J connectivity index is 2.46. The molecule has 2 N–H and O–H groups in total. The third kappa shape index (κ3) is 3.12. The molecule has 0 spiro atoms. The van der Waals surface area contributed by atoms with Crippen LogP contribution in [0.3, 0.4) is 0 Å². The van der Waals surface area contributed by atoms with Gasteiger partial charge in [0.2, 0.25) is 0 Å². The predicted octanol–water partition coefficient (Wildman–Crippen LogP) is 4.03.